The van der Waals surface area contributed by atoms with Crippen LogP contribution in [0.3, 0.4) is 0 Å². The van der Waals surface area contributed by atoms with Gasteiger partial charge < -0.3 is 5.32 Å². The highest BCUT2D eigenvalue weighted by Crippen LogP contribution is 2.23. The van der Waals surface area contributed by atoms with Crippen molar-refractivity contribution in [2.75, 3.05) is 5.32 Å². The second kappa shape index (κ2) is 8.90. The number of benzene rings is 1. The van der Waals surface area contributed by atoms with E-state index in [1.165, 1.54) is 13.0 Å². The molecule has 0 aliphatic carbocycles. The highest BCUT2D eigenvalue weighted by atomic mass is 19.1. The Hall–Kier alpha value is -3.01. The second-order valence-corrected chi connectivity index (χ2v) is 6.04. The van der Waals surface area contributed by atoms with Crippen LogP contribution in [0.15, 0.2) is 67.3 Å². The number of anilines is 2. The highest BCUT2D eigenvalue weighted by Gasteiger charge is 2.06. The number of pyridine rings is 1. The van der Waals surface area contributed by atoms with Crippen molar-refractivity contribution in [3.05, 3.63) is 84.2 Å². The Balaban J connectivity index is 2.32. The molecule has 1 unspecified atom stereocenters. The number of carbonyl (C=O) groups excluding carboxylic acids is 1. The number of hydrogen-bond acceptors (Lipinski definition) is 3. The van der Waals surface area contributed by atoms with Gasteiger partial charge in [-0.2, -0.15) is 0 Å². The lowest BCUT2D eigenvalue weighted by molar-refractivity contribution is 0.101. The Kier molecular flexibility index (Phi) is 6.61. The van der Waals surface area contributed by atoms with Crippen molar-refractivity contribution >= 4 is 22.7 Å². The molecule has 0 saturated heterocycles. The van der Waals surface area contributed by atoms with Crippen LogP contribution in [0.25, 0.3) is 5.57 Å². The van der Waals surface area contributed by atoms with E-state index < -0.39 is 6.17 Å². The average Bonchev–Trinajstić information content (AvgIpc) is 2.58. The van der Waals surface area contributed by atoms with Gasteiger partial charge >= 0.3 is 0 Å². The zero-order chi connectivity index (χ0) is 19.1. The zero-order valence-electron chi connectivity index (χ0n) is 15.3. The van der Waals surface area contributed by atoms with Gasteiger partial charge in [0.15, 0.2) is 5.78 Å². The number of rotatable bonds is 7. The normalized spacial score (nSPS) is 12.8. The summed E-state index contributed by atoms with van der Waals surface area (Å²) in [5, 5.41) is 3.31. The Morgan fingerprint density at radius 2 is 1.92 bits per heavy atom. The number of Topliss-reactive ketones (excluding diaryl/α,β-unsaturated/α-hetero) is 1. The number of aryl methyl sites for hydroxylation is 1. The predicted molar refractivity (Wildman–Crippen MR) is 107 cm³/mol. The van der Waals surface area contributed by atoms with E-state index in [4.69, 9.17) is 0 Å². The van der Waals surface area contributed by atoms with Gasteiger partial charge in [-0.3, -0.25) is 9.78 Å². The van der Waals surface area contributed by atoms with E-state index in [0.29, 0.717) is 5.56 Å². The maximum atomic E-state index is 13.2. The summed E-state index contributed by atoms with van der Waals surface area (Å²) in [5.74, 6) is 0.0340. The summed E-state index contributed by atoms with van der Waals surface area (Å²) >= 11 is 0. The summed E-state index contributed by atoms with van der Waals surface area (Å²) in [6, 6.07) is 11.1. The topological polar surface area (TPSA) is 42.0 Å². The van der Waals surface area contributed by atoms with Crippen LogP contribution < -0.4 is 5.32 Å². The average molecular weight is 350 g/mol. The number of alkyl halides is 1. The van der Waals surface area contributed by atoms with Gasteiger partial charge in [0.2, 0.25) is 0 Å². The lowest BCUT2D eigenvalue weighted by Gasteiger charge is -2.11. The third kappa shape index (κ3) is 5.52. The van der Waals surface area contributed by atoms with Gasteiger partial charge in [0.1, 0.15) is 6.17 Å². The molecule has 0 amide bonds. The van der Waals surface area contributed by atoms with Gasteiger partial charge in [0.25, 0.3) is 0 Å². The molecule has 0 fully saturated rings. The minimum Gasteiger partial charge on any atom is -0.355 e. The van der Waals surface area contributed by atoms with Gasteiger partial charge in [0, 0.05) is 22.6 Å². The number of hydrogen-bond donors (Lipinski definition) is 1. The molecule has 0 aliphatic heterocycles. The fourth-order valence-corrected chi connectivity index (χ4v) is 2.43. The fraction of sp³-hybridized carbons (Fsp3) is 0.182. The molecule has 1 atom stereocenters. The van der Waals surface area contributed by atoms with E-state index >= 15 is 0 Å². The summed E-state index contributed by atoms with van der Waals surface area (Å²) in [6.45, 7) is 8.63. The lowest BCUT2D eigenvalue weighted by Crippen LogP contribution is -1.98. The maximum Gasteiger partial charge on any atom is 0.159 e. The van der Waals surface area contributed by atoms with Crippen molar-refractivity contribution in [1.29, 1.82) is 0 Å². The van der Waals surface area contributed by atoms with E-state index in [9.17, 15) is 9.18 Å². The minimum absolute atomic E-state index is 0.0340. The summed E-state index contributed by atoms with van der Waals surface area (Å²) in [4.78, 5) is 15.9. The molecular weight excluding hydrogens is 327 g/mol. The zero-order valence-corrected chi connectivity index (χ0v) is 15.3. The molecule has 0 saturated carbocycles. The molecule has 0 aliphatic rings. The van der Waals surface area contributed by atoms with Crippen LogP contribution in [0.5, 0.6) is 0 Å². The Labute approximate surface area is 154 Å². The monoisotopic (exact) mass is 350 g/mol. The number of halogens is 1. The van der Waals surface area contributed by atoms with E-state index in [1.807, 2.05) is 31.2 Å². The Morgan fingerprint density at radius 3 is 2.50 bits per heavy atom. The second-order valence-electron chi connectivity index (χ2n) is 6.04. The molecule has 26 heavy (non-hydrogen) atoms. The van der Waals surface area contributed by atoms with Crippen molar-refractivity contribution in [1.82, 2.24) is 4.98 Å². The highest BCUT2D eigenvalue weighted by molar-refractivity contribution is 5.94. The smallest absolute Gasteiger partial charge is 0.159 e. The summed E-state index contributed by atoms with van der Waals surface area (Å²) in [5.41, 5.74) is 4.74. The summed E-state index contributed by atoms with van der Waals surface area (Å²) in [6.07, 6.45) is 5.60. The number of nitrogens with one attached hydrogen (secondary N) is 1. The minimum atomic E-state index is -1.04. The maximum absolute atomic E-state index is 13.2. The SMILES string of the molecule is C=C/C=C(\C=C/C(C)F)c1cc(Nc2ccc(C(C)=O)cc2)cc(C)n1. The molecule has 2 rings (SSSR count). The molecule has 4 heteroatoms. The van der Waals surface area contributed by atoms with Gasteiger partial charge in [-0.25, -0.2) is 4.39 Å². The van der Waals surface area contributed by atoms with Gasteiger partial charge in [-0.05, 0) is 62.7 Å². The molecule has 0 spiro atoms. The first-order valence-corrected chi connectivity index (χ1v) is 8.41. The summed E-state index contributed by atoms with van der Waals surface area (Å²) in [7, 11) is 0. The molecule has 1 aromatic heterocycles. The molecule has 0 radical (unpaired) electrons. The Morgan fingerprint density at radius 1 is 1.23 bits per heavy atom. The first-order chi connectivity index (χ1) is 12.4. The third-order valence-corrected chi connectivity index (χ3v) is 3.67. The first-order valence-electron chi connectivity index (χ1n) is 8.41. The predicted octanol–water partition coefficient (Wildman–Crippen LogP) is 5.82. The van der Waals surface area contributed by atoms with Crippen LogP contribution in [0.4, 0.5) is 15.8 Å². The molecule has 3 nitrogen and oxygen atoms in total. The molecule has 1 N–H and O–H groups in total. The van der Waals surface area contributed by atoms with Crippen molar-refractivity contribution in [3.63, 3.8) is 0 Å². The largest absolute Gasteiger partial charge is 0.355 e. The van der Waals surface area contributed by atoms with Crippen LogP contribution in [-0.4, -0.2) is 16.9 Å². The molecule has 2 aromatic rings. The summed E-state index contributed by atoms with van der Waals surface area (Å²) < 4.78 is 13.2. The number of ketones is 1. The Bertz CT molecular complexity index is 849. The van der Waals surface area contributed by atoms with Crippen LogP contribution in [0.1, 0.15) is 35.6 Å². The number of aromatic nitrogens is 1. The van der Waals surface area contributed by atoms with Crippen LogP contribution in [0.2, 0.25) is 0 Å². The molecule has 0 bridgehead atoms. The lowest BCUT2D eigenvalue weighted by atomic mass is 10.1. The van der Waals surface area contributed by atoms with Gasteiger partial charge in [0.05, 0.1) is 5.69 Å². The number of nitrogens with zero attached hydrogens (tertiary/aromatic N) is 1. The van der Waals surface area contributed by atoms with Crippen molar-refractivity contribution in [2.24, 2.45) is 0 Å². The van der Waals surface area contributed by atoms with Crippen molar-refractivity contribution < 1.29 is 9.18 Å². The standard InChI is InChI=1S/C22H23FN2O/c1-5-6-19(8-7-15(2)23)22-14-21(13-16(3)24-22)25-20-11-9-18(10-12-20)17(4)26/h5-15H,1H2,2-4H3,(H,24,25)/b8-7-,19-6+. The van der Waals surface area contributed by atoms with Gasteiger partial charge in [-0.1, -0.05) is 30.9 Å². The molecular formula is C22H23FN2O. The fourth-order valence-electron chi connectivity index (χ4n) is 2.43. The van der Waals surface area contributed by atoms with E-state index in [2.05, 4.69) is 16.9 Å². The van der Waals surface area contributed by atoms with Crippen LogP contribution in [-0.2, 0) is 0 Å². The molecule has 1 aromatic carbocycles. The number of allylic oxidation sites excluding steroid dienone is 5. The van der Waals surface area contributed by atoms with Crippen molar-refractivity contribution in [2.45, 2.75) is 26.9 Å². The van der Waals surface area contributed by atoms with E-state index in [-0.39, 0.29) is 5.78 Å². The third-order valence-electron chi connectivity index (χ3n) is 3.67. The van der Waals surface area contributed by atoms with Gasteiger partial charge in [-0.15, -0.1) is 0 Å². The molecule has 1 heterocycles. The first kappa shape index (κ1) is 19.3. The van der Waals surface area contributed by atoms with Crippen molar-refractivity contribution in [3.8, 4) is 0 Å². The van der Waals surface area contributed by atoms with Crippen LogP contribution >= 0.6 is 0 Å². The number of carbonyl (C=O) groups is 1. The molecule has 134 valence electrons. The van der Waals surface area contributed by atoms with Crippen LogP contribution in [0, 0.1) is 6.92 Å². The quantitative estimate of drug-likeness (QED) is 0.505. The van der Waals surface area contributed by atoms with E-state index in [0.717, 1.165) is 28.3 Å². The van der Waals surface area contributed by atoms with E-state index in [1.54, 1.807) is 37.3 Å².